The van der Waals surface area contributed by atoms with Gasteiger partial charge in [-0.1, -0.05) is 19.1 Å². The van der Waals surface area contributed by atoms with Crippen LogP contribution >= 0.6 is 28.1 Å². The van der Waals surface area contributed by atoms with Crippen molar-refractivity contribution in [1.29, 1.82) is 0 Å². The third kappa shape index (κ3) is 4.55. The number of hydrogen-bond acceptors (Lipinski definition) is 4. The van der Waals surface area contributed by atoms with E-state index < -0.39 is 11.8 Å². The van der Waals surface area contributed by atoms with E-state index in [0.29, 0.717) is 11.3 Å². The summed E-state index contributed by atoms with van der Waals surface area (Å²) >= 11 is 8.49. The van der Waals surface area contributed by atoms with Crippen LogP contribution < -0.4 is 10.1 Å². The third-order valence-corrected chi connectivity index (χ3v) is 4.61. The van der Waals surface area contributed by atoms with Gasteiger partial charge in [0.25, 0.3) is 11.8 Å². The summed E-state index contributed by atoms with van der Waals surface area (Å²) in [6.45, 7) is 7.87. The van der Waals surface area contributed by atoms with Crippen LogP contribution in [0.3, 0.4) is 0 Å². The van der Waals surface area contributed by atoms with Gasteiger partial charge in [0.15, 0.2) is 5.11 Å². The Bertz CT molecular complexity index is 761. The maximum absolute atomic E-state index is 12.5. The Balaban J connectivity index is 2.30. The van der Waals surface area contributed by atoms with Gasteiger partial charge in [-0.25, -0.2) is 0 Å². The first-order valence-electron chi connectivity index (χ1n) is 7.83. The number of amides is 2. The first-order chi connectivity index (χ1) is 11.9. The summed E-state index contributed by atoms with van der Waals surface area (Å²) < 4.78 is 6.55. The first-order valence-corrected chi connectivity index (χ1v) is 9.03. The number of carbonyl (C=O) groups excluding carboxylic acids is 2. The lowest BCUT2D eigenvalue weighted by atomic mass is 10.1. The van der Waals surface area contributed by atoms with Crippen LogP contribution in [-0.2, 0) is 9.59 Å². The van der Waals surface area contributed by atoms with Gasteiger partial charge in [0.1, 0.15) is 11.3 Å². The van der Waals surface area contributed by atoms with Gasteiger partial charge in [-0.15, -0.1) is 6.58 Å². The maximum atomic E-state index is 12.5. The molecule has 1 fully saturated rings. The Morgan fingerprint density at radius 3 is 2.76 bits per heavy atom. The van der Waals surface area contributed by atoms with Gasteiger partial charge in [-0.3, -0.25) is 19.8 Å². The lowest BCUT2D eigenvalue weighted by Gasteiger charge is -2.27. The summed E-state index contributed by atoms with van der Waals surface area (Å²) in [5.41, 5.74) is 0.728. The van der Waals surface area contributed by atoms with Crippen molar-refractivity contribution in [2.24, 2.45) is 0 Å². The molecule has 0 bridgehead atoms. The van der Waals surface area contributed by atoms with Gasteiger partial charge in [-0.05, 0) is 65.3 Å². The standard InChI is InChI=1S/C18H19BrN2O3S/c1-4-8-21-17(23)13(16(22)20-18(21)25)9-12-6-7-15(14(19)10-12)24-11(3)5-2/h4,6-7,9-11H,1,5,8H2,2-3H3,(H,20,22,25)/b13-9+/t11-/m0/s1. The summed E-state index contributed by atoms with van der Waals surface area (Å²) in [6, 6.07) is 5.40. The van der Waals surface area contributed by atoms with Crippen molar-refractivity contribution in [2.45, 2.75) is 26.4 Å². The molecule has 2 amide bonds. The van der Waals surface area contributed by atoms with Crippen molar-refractivity contribution >= 4 is 51.2 Å². The molecule has 5 nitrogen and oxygen atoms in total. The zero-order valence-corrected chi connectivity index (χ0v) is 16.4. The number of ether oxygens (including phenoxy) is 1. The average molecular weight is 423 g/mol. The number of carbonyl (C=O) groups is 2. The van der Waals surface area contributed by atoms with Gasteiger partial charge >= 0.3 is 0 Å². The molecule has 1 heterocycles. The molecule has 2 rings (SSSR count). The fourth-order valence-corrected chi connectivity index (χ4v) is 2.90. The number of nitrogens with zero attached hydrogens (tertiary/aromatic N) is 1. The molecular formula is C18H19BrN2O3S. The van der Waals surface area contributed by atoms with E-state index in [9.17, 15) is 9.59 Å². The minimum Gasteiger partial charge on any atom is -0.490 e. The summed E-state index contributed by atoms with van der Waals surface area (Å²) in [5, 5.41) is 2.61. The highest BCUT2D eigenvalue weighted by molar-refractivity contribution is 9.10. The molecule has 0 spiro atoms. The van der Waals surface area contributed by atoms with Crippen LogP contribution in [0.2, 0.25) is 0 Å². The fraction of sp³-hybridized carbons (Fsp3) is 0.278. The highest BCUT2D eigenvalue weighted by Gasteiger charge is 2.32. The quantitative estimate of drug-likeness (QED) is 0.330. The molecule has 0 unspecified atom stereocenters. The Morgan fingerprint density at radius 2 is 2.16 bits per heavy atom. The van der Waals surface area contributed by atoms with E-state index in [-0.39, 0.29) is 23.3 Å². The van der Waals surface area contributed by atoms with Crippen molar-refractivity contribution in [3.63, 3.8) is 0 Å². The molecule has 7 heteroatoms. The Hall–Kier alpha value is -1.99. The van der Waals surface area contributed by atoms with Crippen LogP contribution in [0.15, 0.2) is 40.9 Å². The molecule has 0 aliphatic carbocycles. The van der Waals surface area contributed by atoms with Crippen molar-refractivity contribution in [1.82, 2.24) is 10.2 Å². The normalized spacial score (nSPS) is 17.5. The number of halogens is 1. The van der Waals surface area contributed by atoms with Crippen LogP contribution in [0.25, 0.3) is 6.08 Å². The molecule has 0 aromatic heterocycles. The van der Waals surface area contributed by atoms with Crippen molar-refractivity contribution < 1.29 is 14.3 Å². The summed E-state index contributed by atoms with van der Waals surface area (Å²) in [5.74, 6) is -0.235. The van der Waals surface area contributed by atoms with E-state index >= 15 is 0 Å². The van der Waals surface area contributed by atoms with Crippen molar-refractivity contribution in [3.8, 4) is 5.75 Å². The second-order valence-corrected chi connectivity index (χ2v) is 6.79. The molecule has 1 aliphatic heterocycles. The second-order valence-electron chi connectivity index (χ2n) is 5.55. The predicted molar refractivity (Wildman–Crippen MR) is 105 cm³/mol. The highest BCUT2D eigenvalue weighted by Crippen LogP contribution is 2.28. The molecule has 0 saturated carbocycles. The smallest absolute Gasteiger partial charge is 0.265 e. The first kappa shape index (κ1) is 19.3. The van der Waals surface area contributed by atoms with E-state index in [1.807, 2.05) is 13.8 Å². The molecular weight excluding hydrogens is 404 g/mol. The molecule has 25 heavy (non-hydrogen) atoms. The van der Waals surface area contributed by atoms with Crippen LogP contribution in [0.1, 0.15) is 25.8 Å². The van der Waals surface area contributed by atoms with E-state index in [4.69, 9.17) is 17.0 Å². The highest BCUT2D eigenvalue weighted by atomic mass is 79.9. The molecule has 132 valence electrons. The molecule has 0 radical (unpaired) electrons. The van der Waals surface area contributed by atoms with Gasteiger partial charge in [0.2, 0.25) is 0 Å². The van der Waals surface area contributed by atoms with E-state index in [1.165, 1.54) is 11.0 Å². The molecule has 1 atom stereocenters. The fourth-order valence-electron chi connectivity index (χ4n) is 2.16. The minimum absolute atomic E-state index is 0.0259. The van der Waals surface area contributed by atoms with Crippen LogP contribution in [0.4, 0.5) is 0 Å². The number of benzene rings is 1. The molecule has 1 aromatic rings. The Kier molecular flexibility index (Phi) is 6.50. The zero-order chi connectivity index (χ0) is 18.6. The van der Waals surface area contributed by atoms with Crippen LogP contribution in [0.5, 0.6) is 5.75 Å². The average Bonchev–Trinajstić information content (AvgIpc) is 2.57. The summed E-state index contributed by atoms with van der Waals surface area (Å²) in [7, 11) is 0. The summed E-state index contributed by atoms with van der Waals surface area (Å²) in [4.78, 5) is 25.9. The zero-order valence-electron chi connectivity index (χ0n) is 14.0. The number of rotatable bonds is 6. The third-order valence-electron chi connectivity index (χ3n) is 3.67. The van der Waals surface area contributed by atoms with Crippen molar-refractivity contribution in [3.05, 3.63) is 46.5 Å². The molecule has 1 N–H and O–H groups in total. The number of hydrogen-bond donors (Lipinski definition) is 1. The predicted octanol–water partition coefficient (Wildman–Crippen LogP) is 3.44. The SMILES string of the molecule is C=CCN1C(=O)/C(=C/c2ccc(O[C@@H](C)CC)c(Br)c2)C(=O)NC1=S. The van der Waals surface area contributed by atoms with Gasteiger partial charge in [0, 0.05) is 6.54 Å². The van der Waals surface area contributed by atoms with E-state index in [1.54, 1.807) is 24.3 Å². The topological polar surface area (TPSA) is 58.6 Å². The second kappa shape index (κ2) is 8.40. The maximum Gasteiger partial charge on any atom is 0.265 e. The molecule has 1 aromatic carbocycles. The van der Waals surface area contributed by atoms with Gasteiger partial charge in [-0.2, -0.15) is 0 Å². The van der Waals surface area contributed by atoms with E-state index in [0.717, 1.165) is 10.9 Å². The van der Waals surface area contributed by atoms with Gasteiger partial charge < -0.3 is 4.74 Å². The Labute approximate surface area is 160 Å². The van der Waals surface area contributed by atoms with Crippen LogP contribution in [-0.4, -0.2) is 34.5 Å². The molecule has 1 aliphatic rings. The van der Waals surface area contributed by atoms with Gasteiger partial charge in [0.05, 0.1) is 10.6 Å². The van der Waals surface area contributed by atoms with Crippen molar-refractivity contribution in [2.75, 3.05) is 6.54 Å². The van der Waals surface area contributed by atoms with Crippen LogP contribution in [0, 0.1) is 0 Å². The lowest BCUT2D eigenvalue weighted by Crippen LogP contribution is -2.53. The van der Waals surface area contributed by atoms with E-state index in [2.05, 4.69) is 27.8 Å². The largest absolute Gasteiger partial charge is 0.490 e. The lowest BCUT2D eigenvalue weighted by molar-refractivity contribution is -0.128. The number of nitrogens with one attached hydrogen (secondary N) is 1. The monoisotopic (exact) mass is 422 g/mol. The Morgan fingerprint density at radius 1 is 1.44 bits per heavy atom. The number of thiocarbonyl (C=S) groups is 1. The summed E-state index contributed by atoms with van der Waals surface area (Å²) in [6.07, 6.45) is 4.08. The minimum atomic E-state index is -0.508. The molecule has 1 saturated heterocycles.